The van der Waals surface area contributed by atoms with Crippen molar-refractivity contribution in [2.75, 3.05) is 47.0 Å². The van der Waals surface area contributed by atoms with E-state index in [0.29, 0.717) is 29.9 Å². The number of benzene rings is 2. The average molecular weight is 563 g/mol. The van der Waals surface area contributed by atoms with Gasteiger partial charge >= 0.3 is 6.03 Å². The first-order valence-electron chi connectivity index (χ1n) is 13.0. The van der Waals surface area contributed by atoms with Crippen LogP contribution in [0.25, 0.3) is 0 Å². The predicted octanol–water partition coefficient (Wildman–Crippen LogP) is 6.17. The Bertz CT molecular complexity index is 1430. The number of carbonyl (C=O) groups excluding carboxylic acids is 1. The Morgan fingerprint density at radius 1 is 1.03 bits per heavy atom. The lowest BCUT2D eigenvalue weighted by molar-refractivity contribution is 0.208. The summed E-state index contributed by atoms with van der Waals surface area (Å²) >= 11 is 12.4. The number of halogens is 2. The average Bonchev–Trinajstić information content (AvgIpc) is 2.95. The summed E-state index contributed by atoms with van der Waals surface area (Å²) in [6, 6.07) is 13.6. The number of anilines is 5. The first kappa shape index (κ1) is 25.5. The maximum atomic E-state index is 13.3. The molecule has 9 nitrogen and oxygen atoms in total. The van der Waals surface area contributed by atoms with Gasteiger partial charge < -0.3 is 25.8 Å². The third-order valence-electron chi connectivity index (χ3n) is 7.18. The quantitative estimate of drug-likeness (QED) is 0.345. The second-order valence-corrected chi connectivity index (χ2v) is 10.7. The van der Waals surface area contributed by atoms with Gasteiger partial charge in [0.2, 0.25) is 5.95 Å². The first-order chi connectivity index (χ1) is 19.0. The normalized spacial score (nSPS) is 18.5. The van der Waals surface area contributed by atoms with Gasteiger partial charge in [0.05, 0.1) is 6.20 Å². The molecule has 39 heavy (non-hydrogen) atoms. The highest BCUT2D eigenvalue weighted by molar-refractivity contribution is 6.33. The van der Waals surface area contributed by atoms with Crippen molar-refractivity contribution in [1.29, 1.82) is 0 Å². The number of hydrogen-bond acceptors (Lipinski definition) is 7. The largest absolute Gasteiger partial charge is 0.368 e. The SMILES string of the molecule is O=C(Nc1ccc2cc1CCC1C=NC=C(C1)Nc1ncc(Cl)c(n1)N2)N1CCN(c2ccc(Cl)cc2)CC1. The van der Waals surface area contributed by atoms with Crippen LogP contribution in [0, 0.1) is 5.92 Å². The van der Waals surface area contributed by atoms with Crippen molar-refractivity contribution >= 4 is 64.3 Å². The number of aromatic nitrogens is 2. The van der Waals surface area contributed by atoms with Crippen LogP contribution in [-0.2, 0) is 6.42 Å². The lowest BCUT2D eigenvalue weighted by Crippen LogP contribution is -2.50. The molecule has 200 valence electrons. The van der Waals surface area contributed by atoms with Crippen LogP contribution in [0.4, 0.5) is 33.6 Å². The fourth-order valence-corrected chi connectivity index (χ4v) is 5.32. The Morgan fingerprint density at radius 2 is 1.85 bits per heavy atom. The topological polar surface area (TPSA) is 97.8 Å². The molecule has 0 spiro atoms. The van der Waals surface area contributed by atoms with Crippen molar-refractivity contribution in [2.45, 2.75) is 19.3 Å². The Morgan fingerprint density at radius 3 is 2.67 bits per heavy atom. The molecule has 1 fully saturated rings. The minimum absolute atomic E-state index is 0.0947. The molecule has 0 saturated carbocycles. The number of nitrogens with zero attached hydrogens (tertiary/aromatic N) is 5. The van der Waals surface area contributed by atoms with E-state index in [2.05, 4.69) is 35.8 Å². The molecule has 3 aromatic rings. The maximum Gasteiger partial charge on any atom is 0.321 e. The van der Waals surface area contributed by atoms with E-state index in [9.17, 15) is 4.79 Å². The van der Waals surface area contributed by atoms with Crippen LogP contribution in [0.5, 0.6) is 0 Å². The Balaban J connectivity index is 1.19. The number of rotatable bonds is 2. The van der Waals surface area contributed by atoms with E-state index in [1.165, 1.54) is 0 Å². The first-order valence-corrected chi connectivity index (χ1v) is 13.7. The number of nitrogens with one attached hydrogen (secondary N) is 3. The van der Waals surface area contributed by atoms with Gasteiger partial charge in [-0.05, 0) is 67.3 Å². The van der Waals surface area contributed by atoms with Crippen LogP contribution in [0.1, 0.15) is 18.4 Å². The molecule has 1 aromatic heterocycles. The molecular weight excluding hydrogens is 535 g/mol. The van der Waals surface area contributed by atoms with Crippen molar-refractivity contribution in [3.63, 3.8) is 0 Å². The van der Waals surface area contributed by atoms with Crippen LogP contribution >= 0.6 is 23.2 Å². The summed E-state index contributed by atoms with van der Waals surface area (Å²) in [4.78, 5) is 30.7. The molecule has 3 aliphatic rings. The van der Waals surface area contributed by atoms with Crippen LogP contribution in [-0.4, -0.2) is 53.3 Å². The number of amides is 2. The molecule has 1 saturated heterocycles. The van der Waals surface area contributed by atoms with Gasteiger partial charge in [-0.3, -0.25) is 4.99 Å². The van der Waals surface area contributed by atoms with Crippen LogP contribution in [0.2, 0.25) is 10.0 Å². The number of urea groups is 1. The fourth-order valence-electron chi connectivity index (χ4n) is 5.05. The van der Waals surface area contributed by atoms with Crippen molar-refractivity contribution in [2.24, 2.45) is 10.9 Å². The van der Waals surface area contributed by atoms with Gasteiger partial charge in [0.1, 0.15) is 5.02 Å². The van der Waals surface area contributed by atoms with E-state index >= 15 is 0 Å². The summed E-state index contributed by atoms with van der Waals surface area (Å²) in [6.07, 6.45) is 7.83. The van der Waals surface area contributed by atoms with Gasteiger partial charge in [-0.1, -0.05) is 23.2 Å². The Labute approximate surface area is 236 Å². The number of piperazine rings is 1. The van der Waals surface area contributed by atoms with E-state index < -0.39 is 0 Å². The molecule has 2 aromatic carbocycles. The summed E-state index contributed by atoms with van der Waals surface area (Å²) in [6.45, 7) is 2.80. The van der Waals surface area contributed by atoms with Gasteiger partial charge in [-0.2, -0.15) is 4.98 Å². The molecule has 0 radical (unpaired) electrons. The van der Waals surface area contributed by atoms with Gasteiger partial charge in [-0.25, -0.2) is 9.78 Å². The number of fused-ring (bicyclic) bond motifs is 6. The molecule has 4 heterocycles. The van der Waals surface area contributed by atoms with Gasteiger partial charge in [0.25, 0.3) is 0 Å². The highest BCUT2D eigenvalue weighted by Gasteiger charge is 2.23. The molecule has 6 bridgehead atoms. The van der Waals surface area contributed by atoms with E-state index in [4.69, 9.17) is 23.2 Å². The van der Waals surface area contributed by atoms with Gasteiger partial charge in [0.15, 0.2) is 5.82 Å². The molecule has 0 aliphatic carbocycles. The molecular formula is C28H28Cl2N8O. The summed E-state index contributed by atoms with van der Waals surface area (Å²) in [5, 5.41) is 10.9. The van der Waals surface area contributed by atoms with Crippen molar-refractivity contribution in [3.8, 4) is 0 Å². The monoisotopic (exact) mass is 562 g/mol. The summed E-state index contributed by atoms with van der Waals surface area (Å²) in [5.74, 6) is 1.22. The molecule has 3 N–H and O–H groups in total. The fraction of sp³-hybridized carbons (Fsp3) is 0.286. The van der Waals surface area contributed by atoms with E-state index in [-0.39, 0.29) is 11.9 Å². The van der Waals surface area contributed by atoms with Crippen LogP contribution in [0.15, 0.2) is 65.6 Å². The Hall–Kier alpha value is -3.82. The highest BCUT2D eigenvalue weighted by Crippen LogP contribution is 2.31. The lowest BCUT2D eigenvalue weighted by Gasteiger charge is -2.36. The van der Waals surface area contributed by atoms with Crippen molar-refractivity contribution in [3.05, 3.63) is 76.2 Å². The molecule has 6 rings (SSSR count). The summed E-state index contributed by atoms with van der Waals surface area (Å²) in [7, 11) is 0. The smallest absolute Gasteiger partial charge is 0.321 e. The third-order valence-corrected chi connectivity index (χ3v) is 7.71. The van der Waals surface area contributed by atoms with Crippen molar-refractivity contribution < 1.29 is 4.79 Å². The number of allylic oxidation sites excluding steroid dienone is 1. The Kier molecular flexibility index (Phi) is 7.26. The van der Waals surface area contributed by atoms with Crippen molar-refractivity contribution in [1.82, 2.24) is 14.9 Å². The summed E-state index contributed by atoms with van der Waals surface area (Å²) < 4.78 is 0. The lowest BCUT2D eigenvalue weighted by atomic mass is 9.94. The number of aliphatic imine (C=N–C) groups is 1. The molecule has 1 atom stereocenters. The zero-order valence-electron chi connectivity index (χ0n) is 21.2. The molecule has 1 unspecified atom stereocenters. The standard InChI is InChI=1S/C28H28Cl2N8O/c29-20-3-6-23(7-4-20)37-9-11-38(12-10-37)28(39)35-25-8-5-21-14-19(25)2-1-18-13-22(16-31-15-18)34-27-32-17-24(30)26(33-21)36-27/h3-8,14-18H,1-2,9-13H2,(H,35,39)(H2,32,33,34,36). The van der Waals surface area contributed by atoms with E-state index in [1.807, 2.05) is 53.6 Å². The zero-order valence-corrected chi connectivity index (χ0v) is 22.7. The number of hydrogen-bond donors (Lipinski definition) is 3. The van der Waals surface area contributed by atoms with Crippen LogP contribution in [0.3, 0.4) is 0 Å². The molecule has 3 aliphatic heterocycles. The minimum atomic E-state index is -0.0947. The summed E-state index contributed by atoms with van der Waals surface area (Å²) in [5.41, 5.74) is 4.74. The molecule has 11 heteroatoms. The second kappa shape index (κ2) is 11.1. The van der Waals surface area contributed by atoms with E-state index in [0.717, 1.165) is 65.7 Å². The number of carbonyl (C=O) groups is 1. The van der Waals surface area contributed by atoms with Gasteiger partial charge in [0, 0.05) is 72.3 Å². The second-order valence-electron chi connectivity index (χ2n) is 9.85. The highest BCUT2D eigenvalue weighted by atomic mass is 35.5. The number of aryl methyl sites for hydroxylation is 1. The van der Waals surface area contributed by atoms with E-state index in [1.54, 1.807) is 12.4 Å². The van der Waals surface area contributed by atoms with Crippen LogP contribution < -0.4 is 20.9 Å². The zero-order chi connectivity index (χ0) is 26.8. The minimum Gasteiger partial charge on any atom is -0.368 e. The molecule has 2 amide bonds. The maximum absolute atomic E-state index is 13.3. The van der Waals surface area contributed by atoms with Gasteiger partial charge in [-0.15, -0.1) is 0 Å². The third kappa shape index (κ3) is 5.94. The predicted molar refractivity (Wildman–Crippen MR) is 158 cm³/mol.